The normalized spacial score (nSPS) is 12.7. The molecule has 9 rings (SSSR count). The third-order valence-corrected chi connectivity index (χ3v) is 8.49. The third-order valence-electron chi connectivity index (χ3n) is 8.49. The van der Waals surface area contributed by atoms with Crippen molar-refractivity contribution in [1.82, 2.24) is 4.98 Å². The summed E-state index contributed by atoms with van der Waals surface area (Å²) in [7, 11) is 0. The molecule has 3 nitrogen and oxygen atoms in total. The average molecular weight is 523 g/mol. The Balaban J connectivity index is 1.31. The van der Waals surface area contributed by atoms with Crippen LogP contribution in [0.3, 0.4) is 0 Å². The van der Waals surface area contributed by atoms with Crippen molar-refractivity contribution in [1.29, 1.82) is 0 Å². The van der Waals surface area contributed by atoms with E-state index < -0.39 is 0 Å². The molecule has 0 saturated heterocycles. The molecule has 0 atom stereocenters. The van der Waals surface area contributed by atoms with Crippen molar-refractivity contribution in [3.63, 3.8) is 0 Å². The summed E-state index contributed by atoms with van der Waals surface area (Å²) in [4.78, 5) is 4.18. The molecule has 0 fully saturated rings. The van der Waals surface area contributed by atoms with E-state index in [-0.39, 0.29) is 6.71 Å². The monoisotopic (exact) mass is 523 g/mol. The second-order valence-corrected chi connectivity index (χ2v) is 10.7. The number of hydrogen-bond acceptors (Lipinski definition) is 3. The molecule has 0 radical (unpaired) electrons. The fourth-order valence-electron chi connectivity index (χ4n) is 6.67. The maximum absolute atomic E-state index is 6.76. The van der Waals surface area contributed by atoms with Gasteiger partial charge in [-0.1, -0.05) is 84.9 Å². The van der Waals surface area contributed by atoms with Gasteiger partial charge in [0.15, 0.2) is 0 Å². The number of ether oxygens (including phenoxy) is 2. The van der Waals surface area contributed by atoms with Crippen molar-refractivity contribution in [3.05, 3.63) is 134 Å². The van der Waals surface area contributed by atoms with Gasteiger partial charge in [0.25, 0.3) is 6.71 Å². The number of hydrogen-bond donors (Lipinski definition) is 0. The van der Waals surface area contributed by atoms with Crippen LogP contribution in [-0.4, -0.2) is 11.7 Å². The standard InChI is InChI=1S/C37H22BNO2/c1-3-11-29-27(9-1)28-10-2-4-12-30(28)37-35(29)38-31-22-26(25-8-5-7-24(21-25)23-17-19-39-20-18-23)15-16-32(31)40-33-13-6-14-34(41-37)36(33)38/h1-22H. The minimum Gasteiger partial charge on any atom is -0.458 e. The number of rotatable bonds is 2. The van der Waals surface area contributed by atoms with Crippen molar-refractivity contribution < 1.29 is 9.47 Å². The quantitative estimate of drug-likeness (QED) is 0.174. The van der Waals surface area contributed by atoms with Crippen LogP contribution in [0.1, 0.15) is 0 Å². The zero-order valence-corrected chi connectivity index (χ0v) is 22.0. The fourth-order valence-corrected chi connectivity index (χ4v) is 6.67. The maximum Gasteiger partial charge on any atom is 0.261 e. The summed E-state index contributed by atoms with van der Waals surface area (Å²) in [6, 6.07) is 42.8. The topological polar surface area (TPSA) is 31.4 Å². The maximum atomic E-state index is 6.76. The molecule has 2 aliphatic rings. The Morgan fingerprint density at radius 2 is 1.07 bits per heavy atom. The van der Waals surface area contributed by atoms with E-state index in [1.54, 1.807) is 0 Å². The van der Waals surface area contributed by atoms with E-state index in [0.717, 1.165) is 56.0 Å². The highest BCUT2D eigenvalue weighted by Gasteiger charge is 2.42. The molecule has 0 spiro atoms. The van der Waals surface area contributed by atoms with Gasteiger partial charge in [0, 0.05) is 23.2 Å². The van der Waals surface area contributed by atoms with Crippen LogP contribution in [0, 0.1) is 0 Å². The van der Waals surface area contributed by atoms with Crippen LogP contribution in [0.5, 0.6) is 23.0 Å². The van der Waals surface area contributed by atoms with Crippen LogP contribution in [0.25, 0.3) is 43.8 Å². The number of pyridine rings is 1. The number of benzene rings is 6. The van der Waals surface area contributed by atoms with Gasteiger partial charge in [-0.25, -0.2) is 0 Å². The van der Waals surface area contributed by atoms with E-state index in [4.69, 9.17) is 9.47 Å². The molecule has 3 heterocycles. The Morgan fingerprint density at radius 1 is 0.439 bits per heavy atom. The second-order valence-electron chi connectivity index (χ2n) is 10.7. The van der Waals surface area contributed by atoms with Gasteiger partial charge in [0.2, 0.25) is 0 Å². The van der Waals surface area contributed by atoms with Crippen molar-refractivity contribution in [2.75, 3.05) is 0 Å². The van der Waals surface area contributed by atoms with Crippen LogP contribution >= 0.6 is 0 Å². The molecule has 0 saturated carbocycles. The van der Waals surface area contributed by atoms with E-state index in [0.29, 0.717) is 0 Å². The highest BCUT2D eigenvalue weighted by Crippen LogP contribution is 2.41. The molecule has 41 heavy (non-hydrogen) atoms. The molecule has 4 heteroatoms. The average Bonchev–Trinajstić information content (AvgIpc) is 3.05. The number of fused-ring (bicyclic) bond motifs is 9. The summed E-state index contributed by atoms with van der Waals surface area (Å²) in [6.45, 7) is -0.0217. The summed E-state index contributed by atoms with van der Waals surface area (Å²) in [5.41, 5.74) is 8.09. The molecule has 7 aromatic rings. The van der Waals surface area contributed by atoms with Crippen molar-refractivity contribution in [2.45, 2.75) is 0 Å². The van der Waals surface area contributed by atoms with Crippen LogP contribution in [-0.2, 0) is 0 Å². The van der Waals surface area contributed by atoms with Gasteiger partial charge in [0.1, 0.15) is 23.0 Å². The SMILES string of the molecule is c1cc(-c2ccncc2)cc(-c2ccc3c(c2)B2c4c(cccc4Oc4c2c2ccccc2c2ccccc42)O3)c1. The Bertz CT molecular complexity index is 2170. The van der Waals surface area contributed by atoms with Gasteiger partial charge < -0.3 is 9.47 Å². The lowest BCUT2D eigenvalue weighted by atomic mass is 9.34. The summed E-state index contributed by atoms with van der Waals surface area (Å²) < 4.78 is 13.3. The van der Waals surface area contributed by atoms with E-state index in [1.165, 1.54) is 27.2 Å². The summed E-state index contributed by atoms with van der Waals surface area (Å²) in [6.07, 6.45) is 3.67. The Morgan fingerprint density at radius 3 is 1.88 bits per heavy atom. The summed E-state index contributed by atoms with van der Waals surface area (Å²) in [5.74, 6) is 3.54. The lowest BCUT2D eigenvalue weighted by Crippen LogP contribution is -2.57. The molecule has 0 aliphatic carbocycles. The zero-order valence-electron chi connectivity index (χ0n) is 22.0. The van der Waals surface area contributed by atoms with Crippen LogP contribution in [0.2, 0.25) is 0 Å². The predicted molar refractivity (Wildman–Crippen MR) is 168 cm³/mol. The van der Waals surface area contributed by atoms with E-state index in [2.05, 4.69) is 108 Å². The number of nitrogens with zero attached hydrogens (tertiary/aromatic N) is 1. The van der Waals surface area contributed by atoms with Crippen LogP contribution < -0.4 is 25.9 Å². The second kappa shape index (κ2) is 8.58. The van der Waals surface area contributed by atoms with Crippen LogP contribution in [0.15, 0.2) is 134 Å². The molecule has 0 unspecified atom stereocenters. The molecular weight excluding hydrogens is 501 g/mol. The minimum atomic E-state index is -0.0217. The van der Waals surface area contributed by atoms with E-state index >= 15 is 0 Å². The van der Waals surface area contributed by atoms with Gasteiger partial charge in [-0.05, 0) is 85.7 Å². The molecule has 1 aromatic heterocycles. The molecule has 0 N–H and O–H groups in total. The molecule has 0 amide bonds. The molecule has 190 valence electrons. The predicted octanol–water partition coefficient (Wildman–Crippen LogP) is 7.45. The lowest BCUT2D eigenvalue weighted by molar-refractivity contribution is 0.467. The first kappa shape index (κ1) is 22.5. The lowest BCUT2D eigenvalue weighted by Gasteiger charge is -2.34. The van der Waals surface area contributed by atoms with Gasteiger partial charge >= 0.3 is 0 Å². The van der Waals surface area contributed by atoms with Gasteiger partial charge in [0.05, 0.1) is 0 Å². The Hall–Kier alpha value is -5.35. The van der Waals surface area contributed by atoms with Crippen LogP contribution in [0.4, 0.5) is 0 Å². The van der Waals surface area contributed by atoms with Gasteiger partial charge in [-0.15, -0.1) is 0 Å². The third kappa shape index (κ3) is 3.31. The first-order valence-electron chi connectivity index (χ1n) is 13.9. The minimum absolute atomic E-state index is 0.0217. The summed E-state index contributed by atoms with van der Waals surface area (Å²) in [5, 5.41) is 4.78. The molecule has 2 aliphatic heterocycles. The van der Waals surface area contributed by atoms with Crippen molar-refractivity contribution in [3.8, 4) is 45.3 Å². The summed E-state index contributed by atoms with van der Waals surface area (Å²) >= 11 is 0. The van der Waals surface area contributed by atoms with Crippen molar-refractivity contribution in [2.24, 2.45) is 0 Å². The first-order chi connectivity index (χ1) is 20.3. The Kier molecular flexibility index (Phi) is 4.70. The van der Waals surface area contributed by atoms with Gasteiger partial charge in [-0.2, -0.15) is 0 Å². The van der Waals surface area contributed by atoms with E-state index in [1.807, 2.05) is 30.6 Å². The highest BCUT2D eigenvalue weighted by atomic mass is 16.5. The number of aromatic nitrogens is 1. The molecule has 6 aromatic carbocycles. The Labute approximate surface area is 237 Å². The van der Waals surface area contributed by atoms with E-state index in [9.17, 15) is 0 Å². The largest absolute Gasteiger partial charge is 0.458 e. The van der Waals surface area contributed by atoms with Crippen molar-refractivity contribution >= 4 is 44.6 Å². The highest BCUT2D eigenvalue weighted by molar-refractivity contribution is 6.99. The smallest absolute Gasteiger partial charge is 0.261 e. The first-order valence-corrected chi connectivity index (χ1v) is 13.9. The molecular formula is C37H22BNO2. The fraction of sp³-hybridized carbons (Fsp3) is 0. The molecule has 0 bridgehead atoms. The van der Waals surface area contributed by atoms with Gasteiger partial charge in [-0.3, -0.25) is 4.98 Å². The zero-order chi connectivity index (χ0) is 26.9.